The number of aromatic nitrogens is 3. The molecule has 6 amide bonds. The number of imide groups is 1. The lowest BCUT2D eigenvalue weighted by molar-refractivity contribution is -0.145. The van der Waals surface area contributed by atoms with Crippen molar-refractivity contribution < 1.29 is 63.2 Å². The van der Waals surface area contributed by atoms with E-state index in [1.807, 2.05) is 30.3 Å². The third-order valence-electron chi connectivity index (χ3n) is 13.0. The molecule has 0 saturated carbocycles. The van der Waals surface area contributed by atoms with Crippen LogP contribution >= 0.6 is 11.8 Å². The smallest absolute Gasteiger partial charge is 0.321 e. The number of amides is 6. The van der Waals surface area contributed by atoms with Gasteiger partial charge in [0.25, 0.3) is 0 Å². The van der Waals surface area contributed by atoms with Gasteiger partial charge in [-0.25, -0.2) is 4.98 Å². The van der Waals surface area contributed by atoms with Crippen molar-refractivity contribution in [3.05, 3.63) is 66.0 Å². The van der Waals surface area contributed by atoms with Gasteiger partial charge >= 0.3 is 23.9 Å². The van der Waals surface area contributed by atoms with Crippen molar-refractivity contribution >= 4 is 71.1 Å². The lowest BCUT2D eigenvalue weighted by atomic mass is 9.97. The van der Waals surface area contributed by atoms with Crippen LogP contribution in [0.3, 0.4) is 0 Å². The molecule has 2 fully saturated rings. The number of carboxylic acid groups (broad SMARTS) is 3. The molecule has 1 aromatic heterocycles. The summed E-state index contributed by atoms with van der Waals surface area (Å²) in [5.74, 6) is -4.75. The largest absolute Gasteiger partial charge is 0.480 e. The average Bonchev–Trinajstić information content (AvgIpc) is 3.72. The molecule has 26 heteroatoms. The van der Waals surface area contributed by atoms with E-state index in [0.29, 0.717) is 44.2 Å². The van der Waals surface area contributed by atoms with Crippen molar-refractivity contribution in [1.82, 2.24) is 55.8 Å². The Morgan fingerprint density at radius 3 is 1.94 bits per heavy atom. The number of aliphatic carboxylic acids is 3. The molecule has 2 aliphatic rings. The van der Waals surface area contributed by atoms with Crippen molar-refractivity contribution in [1.29, 1.82) is 0 Å². The van der Waals surface area contributed by atoms with Gasteiger partial charge in [-0.3, -0.25) is 62.8 Å². The fourth-order valence-electron chi connectivity index (χ4n) is 8.71. The number of unbranched alkanes of at least 4 members (excludes halogenated alkanes) is 2. The van der Waals surface area contributed by atoms with Crippen LogP contribution in [0.1, 0.15) is 68.9 Å². The molecule has 3 aromatic rings. The molecular formula is C52H72N12O13S. The number of anilines is 1. The molecule has 2 atom stereocenters. The molecule has 0 aliphatic carbocycles. The lowest BCUT2D eigenvalue weighted by Gasteiger charge is -2.30. The van der Waals surface area contributed by atoms with Crippen molar-refractivity contribution in [2.75, 3.05) is 103 Å². The number of ether oxygens (including phenoxy) is 1. The van der Waals surface area contributed by atoms with Crippen LogP contribution in [0.2, 0.25) is 0 Å². The van der Waals surface area contributed by atoms with Crippen molar-refractivity contribution in [2.24, 2.45) is 0 Å². The van der Waals surface area contributed by atoms with Crippen LogP contribution in [0.4, 0.5) is 5.95 Å². The van der Waals surface area contributed by atoms with E-state index in [1.54, 1.807) is 14.7 Å². The quantitative estimate of drug-likeness (QED) is 0.0309. The number of nitrogens with one attached hydrogen (secondary N) is 5. The van der Waals surface area contributed by atoms with E-state index in [9.17, 15) is 58.5 Å². The van der Waals surface area contributed by atoms with Crippen LogP contribution in [0.5, 0.6) is 6.01 Å². The molecular weight excluding hydrogens is 1030 g/mol. The van der Waals surface area contributed by atoms with E-state index in [0.717, 1.165) is 33.6 Å². The van der Waals surface area contributed by atoms with Crippen LogP contribution in [0.15, 0.2) is 54.9 Å². The fourth-order valence-corrected chi connectivity index (χ4v) is 9.82. The van der Waals surface area contributed by atoms with Crippen LogP contribution in [0.25, 0.3) is 11.1 Å². The molecule has 5 rings (SSSR count). The zero-order chi connectivity index (χ0) is 56.2. The monoisotopic (exact) mass is 1100 g/mol. The van der Waals surface area contributed by atoms with Gasteiger partial charge in [0, 0.05) is 116 Å². The molecule has 0 spiro atoms. The molecule has 0 radical (unpaired) electrons. The molecule has 2 unspecified atom stereocenters. The number of carbonyl (C=O) groups is 9. The van der Waals surface area contributed by atoms with Gasteiger partial charge in [-0.2, -0.15) is 9.97 Å². The van der Waals surface area contributed by atoms with Gasteiger partial charge in [-0.1, -0.05) is 48.5 Å². The Labute approximate surface area is 457 Å². The maximum Gasteiger partial charge on any atom is 0.321 e. The van der Waals surface area contributed by atoms with Crippen LogP contribution in [0, 0.1) is 6.92 Å². The number of hydrogen-bond acceptors (Lipinski definition) is 18. The number of hydrogen-bond donors (Lipinski definition) is 8. The highest BCUT2D eigenvalue weighted by Crippen LogP contribution is 2.27. The topological polar surface area (TPSA) is 335 Å². The van der Waals surface area contributed by atoms with E-state index in [2.05, 4.69) is 66.7 Å². The fraction of sp³-hybridized carbons (Fsp3) is 0.538. The van der Waals surface area contributed by atoms with E-state index in [4.69, 9.17) is 4.74 Å². The summed E-state index contributed by atoms with van der Waals surface area (Å²) < 4.78 is 5.87. The van der Waals surface area contributed by atoms with Gasteiger partial charge in [-0.05, 0) is 54.9 Å². The predicted molar refractivity (Wildman–Crippen MR) is 287 cm³/mol. The molecule has 0 bridgehead atoms. The zero-order valence-corrected chi connectivity index (χ0v) is 44.8. The normalized spacial score (nSPS) is 15.8. The van der Waals surface area contributed by atoms with E-state index < -0.39 is 46.9 Å². The van der Waals surface area contributed by atoms with Gasteiger partial charge in [0.2, 0.25) is 41.4 Å². The summed E-state index contributed by atoms with van der Waals surface area (Å²) in [6.07, 6.45) is 3.32. The molecule has 3 heterocycles. The van der Waals surface area contributed by atoms with Gasteiger partial charge in [-0.15, -0.1) is 11.8 Å². The first-order valence-corrected chi connectivity index (χ1v) is 27.2. The van der Waals surface area contributed by atoms with E-state index >= 15 is 0 Å². The number of rotatable bonds is 33. The number of carbonyl (C=O) groups excluding carboxylic acids is 6. The van der Waals surface area contributed by atoms with Crippen LogP contribution < -0.4 is 31.3 Å². The van der Waals surface area contributed by atoms with Gasteiger partial charge < -0.3 is 46.6 Å². The lowest BCUT2D eigenvalue weighted by Crippen LogP contribution is -2.47. The zero-order valence-electron chi connectivity index (χ0n) is 44.0. The minimum Gasteiger partial charge on any atom is -0.480 e. The summed E-state index contributed by atoms with van der Waals surface area (Å²) in [6.45, 7) is 4.49. The van der Waals surface area contributed by atoms with Crippen molar-refractivity contribution in [3.63, 3.8) is 0 Å². The first kappa shape index (κ1) is 61.6. The molecule has 2 aromatic carbocycles. The maximum atomic E-state index is 13.0. The summed E-state index contributed by atoms with van der Waals surface area (Å²) in [6, 6.07) is 15.2. The summed E-state index contributed by atoms with van der Waals surface area (Å²) in [5, 5.41) is 42.1. The van der Waals surface area contributed by atoms with Gasteiger partial charge in [0.1, 0.15) is 19.0 Å². The molecule has 25 nitrogen and oxygen atoms in total. The van der Waals surface area contributed by atoms with Crippen LogP contribution in [-0.4, -0.2) is 212 Å². The second kappa shape index (κ2) is 33.1. The number of thioether (sulfide) groups is 1. The molecule has 78 heavy (non-hydrogen) atoms. The summed E-state index contributed by atoms with van der Waals surface area (Å²) in [4.78, 5) is 129. The van der Waals surface area contributed by atoms with Crippen LogP contribution in [-0.2, 0) is 49.8 Å². The Kier molecular flexibility index (Phi) is 26.1. The van der Waals surface area contributed by atoms with Crippen molar-refractivity contribution in [3.8, 4) is 17.1 Å². The minimum absolute atomic E-state index is 0.0254. The average molecular weight is 1110 g/mol. The predicted octanol–water partition coefficient (Wildman–Crippen LogP) is 0.826. The standard InChI is InChI=1S/C52H72N12O13S/c1-36-38(11-8-12-39(36)37-9-4-2-5-10-37)34-77-52-59-35-58-51(60-52)57-21-20-55-44(67)16-15-43(66)53-18-6-3-7-19-54-45(68)17-30-78-41-31-46(69)64(49(41)74)23-22-56-42(65)14-13-40(50(75)76)63-28-26-61(32-47(70)71)24-25-62(27-29-63)33-48(72)73/h2,4-5,8-12,35,40-41H,3,6-7,13-34H2,1H3,(H,53,66)(H,54,68)(H,55,67)(H,56,65)(H,70,71)(H,72,73)(H,75,76)(H,57,58,59,60). The summed E-state index contributed by atoms with van der Waals surface area (Å²) in [5.41, 5.74) is 4.35. The Hall–Kier alpha value is -7.29. The highest BCUT2D eigenvalue weighted by Gasteiger charge is 2.38. The SMILES string of the molecule is Cc1c(COc2ncnc(NCCNC(=O)CCC(=O)NCCCCCNC(=O)CCSC3CC(=O)N(CCNC(=O)CCC(C(=O)O)N4CCN(CC(=O)O)CCN(CC(=O)O)CC4)C3=O)n2)cccc1-c1ccccc1. The Balaban J connectivity index is 0.855. The minimum atomic E-state index is -1.19. The Morgan fingerprint density at radius 1 is 0.692 bits per heavy atom. The van der Waals surface area contributed by atoms with Gasteiger partial charge in [0.05, 0.1) is 18.3 Å². The third kappa shape index (κ3) is 22.0. The highest BCUT2D eigenvalue weighted by atomic mass is 32.2. The molecule has 2 saturated heterocycles. The number of nitrogens with zero attached hydrogens (tertiary/aromatic N) is 7. The Morgan fingerprint density at radius 2 is 1.29 bits per heavy atom. The molecule has 2 aliphatic heterocycles. The summed E-state index contributed by atoms with van der Waals surface area (Å²) >= 11 is 1.21. The van der Waals surface area contributed by atoms with E-state index in [-0.39, 0.29) is 141 Å². The summed E-state index contributed by atoms with van der Waals surface area (Å²) in [7, 11) is 0. The van der Waals surface area contributed by atoms with Gasteiger partial charge in [0.15, 0.2) is 0 Å². The highest BCUT2D eigenvalue weighted by molar-refractivity contribution is 8.00. The van der Waals surface area contributed by atoms with Crippen molar-refractivity contribution in [2.45, 2.75) is 82.6 Å². The molecule has 424 valence electrons. The molecule has 8 N–H and O–H groups in total. The second-order valence-electron chi connectivity index (χ2n) is 18.7. The number of carboxylic acids is 3. The maximum absolute atomic E-state index is 13.0. The third-order valence-corrected chi connectivity index (χ3v) is 14.2. The Bertz CT molecular complexity index is 2480. The van der Waals surface area contributed by atoms with E-state index in [1.165, 1.54) is 18.1 Å². The number of benzene rings is 2. The number of likely N-dealkylation sites (tertiary alicyclic amines) is 1. The first-order valence-electron chi connectivity index (χ1n) is 26.1. The second-order valence-corrected chi connectivity index (χ2v) is 20.0. The first-order chi connectivity index (χ1) is 37.6.